The summed E-state index contributed by atoms with van der Waals surface area (Å²) in [5.41, 5.74) is 1.05. The Balaban J connectivity index is 2.06. The summed E-state index contributed by atoms with van der Waals surface area (Å²) in [7, 11) is 4.55. The molecule has 0 aliphatic heterocycles. The van der Waals surface area contributed by atoms with Crippen molar-refractivity contribution in [3.05, 3.63) is 52.3 Å². The van der Waals surface area contributed by atoms with Crippen LogP contribution in [0.5, 0.6) is 17.2 Å². The Hall–Kier alpha value is -2.47. The Bertz CT molecular complexity index is 742. The first-order valence-electron chi connectivity index (χ1n) is 7.48. The van der Waals surface area contributed by atoms with Crippen LogP contribution in [-0.2, 0) is 17.8 Å². The number of amides is 1. The monoisotopic (exact) mass is 367 g/mol. The van der Waals surface area contributed by atoms with Gasteiger partial charge in [0, 0.05) is 11.6 Å². The van der Waals surface area contributed by atoms with Gasteiger partial charge < -0.3 is 19.5 Å². The van der Waals surface area contributed by atoms with Crippen molar-refractivity contribution in [2.24, 2.45) is 0 Å². The highest BCUT2D eigenvalue weighted by molar-refractivity contribution is 6.30. The van der Waals surface area contributed by atoms with Crippen molar-refractivity contribution in [1.82, 2.24) is 5.32 Å². The molecule has 1 amide bonds. The van der Waals surface area contributed by atoms with Gasteiger partial charge in [-0.15, -0.1) is 0 Å². The van der Waals surface area contributed by atoms with Crippen LogP contribution in [0.25, 0.3) is 0 Å². The van der Waals surface area contributed by atoms with E-state index >= 15 is 0 Å². The Morgan fingerprint density at radius 2 is 1.72 bits per heavy atom. The summed E-state index contributed by atoms with van der Waals surface area (Å²) in [5.74, 6) is 0.651. The number of methoxy groups -OCH3 is 3. The SMILES string of the molecule is COc1cc(CNC(=O)Cc2ccc(Cl)cc2F)cc(OC)c1OC. The molecule has 25 heavy (non-hydrogen) atoms. The van der Waals surface area contributed by atoms with E-state index in [1.807, 2.05) is 0 Å². The molecule has 0 bridgehead atoms. The molecule has 0 aromatic heterocycles. The van der Waals surface area contributed by atoms with Gasteiger partial charge >= 0.3 is 0 Å². The molecule has 2 aromatic rings. The molecule has 2 rings (SSSR count). The van der Waals surface area contributed by atoms with Gasteiger partial charge in [-0.1, -0.05) is 17.7 Å². The molecule has 0 aliphatic rings. The molecule has 0 heterocycles. The van der Waals surface area contributed by atoms with E-state index in [1.165, 1.54) is 33.5 Å². The Kier molecular flexibility index (Phi) is 6.47. The van der Waals surface area contributed by atoms with Crippen molar-refractivity contribution < 1.29 is 23.4 Å². The second-order valence-corrected chi connectivity index (χ2v) is 5.66. The predicted octanol–water partition coefficient (Wildman–Crippen LogP) is 3.36. The number of hydrogen-bond acceptors (Lipinski definition) is 4. The van der Waals surface area contributed by atoms with Gasteiger partial charge in [0.25, 0.3) is 0 Å². The molecule has 0 fully saturated rings. The summed E-state index contributed by atoms with van der Waals surface area (Å²) in [4.78, 5) is 12.1. The fourth-order valence-corrected chi connectivity index (χ4v) is 2.50. The van der Waals surface area contributed by atoms with Crippen LogP contribution in [0.4, 0.5) is 4.39 Å². The van der Waals surface area contributed by atoms with Gasteiger partial charge in [-0.25, -0.2) is 4.39 Å². The number of carbonyl (C=O) groups is 1. The number of nitrogens with one attached hydrogen (secondary N) is 1. The van der Waals surface area contributed by atoms with Gasteiger partial charge in [0.1, 0.15) is 5.82 Å². The molecular formula is C18H19ClFNO4. The fourth-order valence-electron chi connectivity index (χ4n) is 2.34. The quantitative estimate of drug-likeness (QED) is 0.815. The van der Waals surface area contributed by atoms with Crippen molar-refractivity contribution in [3.8, 4) is 17.2 Å². The summed E-state index contributed by atoms with van der Waals surface area (Å²) in [6, 6.07) is 7.71. The van der Waals surface area contributed by atoms with E-state index in [-0.39, 0.29) is 24.4 Å². The second kappa shape index (κ2) is 8.58. The first-order valence-corrected chi connectivity index (χ1v) is 7.85. The molecule has 5 nitrogen and oxygen atoms in total. The molecule has 0 atom stereocenters. The summed E-state index contributed by atoms with van der Waals surface area (Å²) in [6.45, 7) is 0.241. The number of rotatable bonds is 7. The topological polar surface area (TPSA) is 56.8 Å². The molecule has 134 valence electrons. The zero-order valence-corrected chi connectivity index (χ0v) is 14.9. The lowest BCUT2D eigenvalue weighted by Crippen LogP contribution is -2.25. The van der Waals surface area contributed by atoms with E-state index < -0.39 is 5.82 Å². The minimum absolute atomic E-state index is 0.0760. The smallest absolute Gasteiger partial charge is 0.224 e. The highest BCUT2D eigenvalue weighted by atomic mass is 35.5. The Morgan fingerprint density at radius 1 is 1.08 bits per heavy atom. The number of carbonyl (C=O) groups excluding carboxylic acids is 1. The maximum atomic E-state index is 13.7. The largest absolute Gasteiger partial charge is 0.493 e. The van der Waals surface area contributed by atoms with Gasteiger partial charge in [0.2, 0.25) is 11.7 Å². The standard InChI is InChI=1S/C18H19ClFNO4/c1-23-15-6-11(7-16(24-2)18(15)25-3)10-21-17(22)8-12-4-5-13(19)9-14(12)20/h4-7,9H,8,10H2,1-3H3,(H,21,22). The minimum atomic E-state index is -0.504. The van der Waals surface area contributed by atoms with E-state index in [0.29, 0.717) is 22.3 Å². The van der Waals surface area contributed by atoms with E-state index in [0.717, 1.165) is 5.56 Å². The molecule has 0 saturated carbocycles. The summed E-state index contributed by atoms with van der Waals surface area (Å²) in [5, 5.41) is 3.03. The number of benzene rings is 2. The molecule has 7 heteroatoms. The highest BCUT2D eigenvalue weighted by Crippen LogP contribution is 2.38. The fraction of sp³-hybridized carbons (Fsp3) is 0.278. The third kappa shape index (κ3) is 4.76. The summed E-state index contributed by atoms with van der Waals surface area (Å²) >= 11 is 5.70. The van der Waals surface area contributed by atoms with Gasteiger partial charge in [-0.3, -0.25) is 4.79 Å². The zero-order valence-electron chi connectivity index (χ0n) is 14.2. The molecule has 2 aromatic carbocycles. The Morgan fingerprint density at radius 3 is 2.24 bits per heavy atom. The van der Waals surface area contributed by atoms with Crippen LogP contribution < -0.4 is 19.5 Å². The van der Waals surface area contributed by atoms with Crippen LogP contribution in [0, 0.1) is 5.82 Å². The van der Waals surface area contributed by atoms with Crippen molar-refractivity contribution in [2.45, 2.75) is 13.0 Å². The lowest BCUT2D eigenvalue weighted by molar-refractivity contribution is -0.120. The normalized spacial score (nSPS) is 10.3. The van der Waals surface area contributed by atoms with Gasteiger partial charge in [-0.2, -0.15) is 0 Å². The maximum absolute atomic E-state index is 13.7. The highest BCUT2D eigenvalue weighted by Gasteiger charge is 2.14. The second-order valence-electron chi connectivity index (χ2n) is 5.22. The van der Waals surface area contributed by atoms with Crippen LogP contribution in [0.3, 0.4) is 0 Å². The molecule has 0 saturated heterocycles. The van der Waals surface area contributed by atoms with Crippen LogP contribution in [-0.4, -0.2) is 27.2 Å². The average molecular weight is 368 g/mol. The first-order chi connectivity index (χ1) is 12.0. The minimum Gasteiger partial charge on any atom is -0.493 e. The van der Waals surface area contributed by atoms with E-state index in [2.05, 4.69) is 5.32 Å². The number of halogens is 2. The van der Waals surface area contributed by atoms with Crippen molar-refractivity contribution in [1.29, 1.82) is 0 Å². The van der Waals surface area contributed by atoms with Crippen molar-refractivity contribution in [2.75, 3.05) is 21.3 Å². The third-order valence-corrected chi connectivity index (χ3v) is 3.82. The number of ether oxygens (including phenoxy) is 3. The lowest BCUT2D eigenvalue weighted by Gasteiger charge is -2.14. The number of hydrogen-bond donors (Lipinski definition) is 1. The molecule has 0 radical (unpaired) electrons. The van der Waals surface area contributed by atoms with E-state index in [9.17, 15) is 9.18 Å². The summed E-state index contributed by atoms with van der Waals surface area (Å²) in [6.07, 6.45) is -0.0760. The van der Waals surface area contributed by atoms with Crippen LogP contribution >= 0.6 is 11.6 Å². The first kappa shape index (κ1) is 18.9. The molecule has 0 spiro atoms. The van der Waals surface area contributed by atoms with Gasteiger partial charge in [-0.05, 0) is 35.4 Å². The molecule has 0 unspecified atom stereocenters. The van der Waals surface area contributed by atoms with Crippen molar-refractivity contribution in [3.63, 3.8) is 0 Å². The average Bonchev–Trinajstić information content (AvgIpc) is 2.61. The van der Waals surface area contributed by atoms with Gasteiger partial charge in [0.15, 0.2) is 11.5 Å². The van der Waals surface area contributed by atoms with E-state index in [4.69, 9.17) is 25.8 Å². The molecule has 1 N–H and O–H groups in total. The van der Waals surface area contributed by atoms with Crippen LogP contribution in [0.15, 0.2) is 30.3 Å². The van der Waals surface area contributed by atoms with Gasteiger partial charge in [0.05, 0.1) is 27.8 Å². The Labute approximate surface area is 150 Å². The van der Waals surface area contributed by atoms with Crippen LogP contribution in [0.2, 0.25) is 5.02 Å². The van der Waals surface area contributed by atoms with Crippen molar-refractivity contribution >= 4 is 17.5 Å². The molecular weight excluding hydrogens is 349 g/mol. The summed E-state index contributed by atoms with van der Waals surface area (Å²) < 4.78 is 29.5. The molecule has 0 aliphatic carbocycles. The maximum Gasteiger partial charge on any atom is 0.224 e. The predicted molar refractivity (Wildman–Crippen MR) is 93.1 cm³/mol. The van der Waals surface area contributed by atoms with E-state index in [1.54, 1.807) is 18.2 Å². The van der Waals surface area contributed by atoms with Crippen LogP contribution in [0.1, 0.15) is 11.1 Å². The third-order valence-electron chi connectivity index (χ3n) is 3.58. The zero-order chi connectivity index (χ0) is 18.4. The lowest BCUT2D eigenvalue weighted by atomic mass is 10.1.